The summed E-state index contributed by atoms with van der Waals surface area (Å²) in [5.41, 5.74) is 1.65. The Balaban J connectivity index is 0.00000208. The third-order valence-electron chi connectivity index (χ3n) is 4.07. The number of guanidine groups is 1. The van der Waals surface area contributed by atoms with E-state index < -0.39 is 0 Å². The second-order valence-corrected chi connectivity index (χ2v) is 5.77. The summed E-state index contributed by atoms with van der Waals surface area (Å²) in [6.45, 7) is 5.21. The molecular formula is C18H23FIN3O. The first kappa shape index (κ1) is 18.8. The Hall–Kier alpha value is -1.57. The van der Waals surface area contributed by atoms with Crippen LogP contribution in [-0.4, -0.2) is 18.5 Å². The van der Waals surface area contributed by atoms with Gasteiger partial charge in [-0.25, -0.2) is 9.38 Å². The molecule has 0 fully saturated rings. The number of halogens is 2. The predicted octanol–water partition coefficient (Wildman–Crippen LogP) is 4.27. The van der Waals surface area contributed by atoms with E-state index in [4.69, 9.17) is 4.42 Å². The molecule has 1 aromatic carbocycles. The van der Waals surface area contributed by atoms with Gasteiger partial charge in [0.25, 0.3) is 0 Å². The van der Waals surface area contributed by atoms with E-state index in [2.05, 4.69) is 27.8 Å². The summed E-state index contributed by atoms with van der Waals surface area (Å²) in [7, 11) is 0. The number of furan rings is 1. The number of hydrogen-bond acceptors (Lipinski definition) is 2. The van der Waals surface area contributed by atoms with Crippen LogP contribution in [-0.2, 0) is 6.54 Å². The van der Waals surface area contributed by atoms with E-state index in [1.54, 1.807) is 6.07 Å². The average molecular weight is 443 g/mol. The van der Waals surface area contributed by atoms with E-state index in [1.165, 1.54) is 12.1 Å². The van der Waals surface area contributed by atoms with Crippen LogP contribution in [0, 0.1) is 12.7 Å². The third kappa shape index (κ3) is 4.28. The van der Waals surface area contributed by atoms with Gasteiger partial charge in [-0.15, -0.1) is 24.0 Å². The van der Waals surface area contributed by atoms with Crippen LogP contribution in [0.5, 0.6) is 0 Å². The summed E-state index contributed by atoms with van der Waals surface area (Å²) >= 11 is 0. The lowest BCUT2D eigenvalue weighted by Gasteiger charge is -2.16. The number of aliphatic imine (C=N–C) groups is 1. The maximum atomic E-state index is 13.4. The van der Waals surface area contributed by atoms with Gasteiger partial charge in [-0.3, -0.25) is 0 Å². The van der Waals surface area contributed by atoms with Gasteiger partial charge < -0.3 is 15.1 Å². The number of benzene rings is 1. The molecule has 1 heterocycles. The summed E-state index contributed by atoms with van der Waals surface area (Å²) < 4.78 is 19.2. The molecule has 0 saturated carbocycles. The van der Waals surface area contributed by atoms with Crippen molar-refractivity contribution >= 4 is 40.9 Å². The zero-order valence-corrected chi connectivity index (χ0v) is 16.3. The quantitative estimate of drug-likeness (QED) is 0.321. The summed E-state index contributed by atoms with van der Waals surface area (Å²) in [4.78, 5) is 4.60. The molecule has 4 nitrogen and oxygen atoms in total. The Morgan fingerprint density at radius 3 is 2.79 bits per heavy atom. The first-order valence-corrected chi connectivity index (χ1v) is 8.04. The minimum absolute atomic E-state index is 0. The monoisotopic (exact) mass is 443 g/mol. The van der Waals surface area contributed by atoms with Gasteiger partial charge in [-0.05, 0) is 44.9 Å². The highest BCUT2D eigenvalue weighted by molar-refractivity contribution is 14.0. The average Bonchev–Trinajstić information content (AvgIpc) is 3.14. The molecule has 0 unspecified atom stereocenters. The van der Waals surface area contributed by atoms with Gasteiger partial charge in [0.1, 0.15) is 23.7 Å². The fourth-order valence-corrected chi connectivity index (χ4v) is 2.79. The lowest BCUT2D eigenvalue weighted by molar-refractivity contribution is 0.545. The van der Waals surface area contributed by atoms with E-state index in [1.807, 2.05) is 13.8 Å². The van der Waals surface area contributed by atoms with Crippen molar-refractivity contribution < 1.29 is 8.81 Å². The molecule has 1 aliphatic rings. The Labute approximate surface area is 158 Å². The second kappa shape index (κ2) is 8.50. The maximum Gasteiger partial charge on any atom is 0.191 e. The largest absolute Gasteiger partial charge is 0.459 e. The second-order valence-electron chi connectivity index (χ2n) is 5.77. The number of aryl methyl sites for hydroxylation is 1. The highest BCUT2D eigenvalue weighted by Gasteiger charge is 2.13. The topological polar surface area (TPSA) is 49.6 Å². The first-order chi connectivity index (χ1) is 11.2. The van der Waals surface area contributed by atoms with Crippen LogP contribution < -0.4 is 10.6 Å². The van der Waals surface area contributed by atoms with E-state index in [-0.39, 0.29) is 29.8 Å². The van der Waals surface area contributed by atoms with Crippen molar-refractivity contribution in [2.24, 2.45) is 4.99 Å². The minimum Gasteiger partial charge on any atom is -0.459 e. The Morgan fingerprint density at radius 1 is 1.33 bits per heavy atom. The molecule has 0 radical (unpaired) electrons. The fraction of sp³-hybridized carbons (Fsp3) is 0.389. The van der Waals surface area contributed by atoms with E-state index in [0.717, 1.165) is 42.1 Å². The van der Waals surface area contributed by atoms with Crippen LogP contribution in [0.25, 0.3) is 11.0 Å². The molecule has 0 amide bonds. The molecular weight excluding hydrogens is 420 g/mol. The smallest absolute Gasteiger partial charge is 0.191 e. The van der Waals surface area contributed by atoms with Crippen LogP contribution in [0.1, 0.15) is 31.1 Å². The molecule has 1 aliphatic carbocycles. The number of fused-ring (bicyclic) bond motifs is 1. The molecule has 0 spiro atoms. The zero-order valence-electron chi connectivity index (χ0n) is 13.9. The Bertz CT molecular complexity index is 746. The normalized spacial score (nSPS) is 14.9. The van der Waals surface area contributed by atoms with Gasteiger partial charge in [0, 0.05) is 23.5 Å². The molecule has 0 saturated heterocycles. The molecule has 2 N–H and O–H groups in total. The van der Waals surface area contributed by atoms with Gasteiger partial charge in [0.15, 0.2) is 5.96 Å². The fourth-order valence-electron chi connectivity index (χ4n) is 2.79. The van der Waals surface area contributed by atoms with Crippen molar-refractivity contribution in [1.82, 2.24) is 10.6 Å². The third-order valence-corrected chi connectivity index (χ3v) is 4.07. The van der Waals surface area contributed by atoms with Crippen molar-refractivity contribution in [3.63, 3.8) is 0 Å². The van der Waals surface area contributed by atoms with Crippen LogP contribution >= 0.6 is 24.0 Å². The van der Waals surface area contributed by atoms with Crippen LogP contribution in [0.4, 0.5) is 4.39 Å². The lowest BCUT2D eigenvalue weighted by atomic mass is 10.1. The van der Waals surface area contributed by atoms with Crippen molar-refractivity contribution in [1.29, 1.82) is 0 Å². The minimum atomic E-state index is -0.250. The molecule has 1 aromatic heterocycles. The molecule has 24 heavy (non-hydrogen) atoms. The van der Waals surface area contributed by atoms with Crippen LogP contribution in [0.3, 0.4) is 0 Å². The molecule has 0 aliphatic heterocycles. The van der Waals surface area contributed by atoms with Crippen molar-refractivity contribution in [3.8, 4) is 0 Å². The molecule has 3 rings (SSSR count). The number of hydrogen-bond donors (Lipinski definition) is 2. The standard InChI is InChI=1S/C18H22FN3O.HI/c1-3-20-18(22-14-6-4-5-7-14)21-11-17-12(2)15-10-13(19)8-9-16(15)23-17;/h4-5,8-10,14H,3,6-7,11H2,1-2H3,(H2,20,21,22);1H. The molecule has 130 valence electrons. The van der Waals surface area contributed by atoms with E-state index in [0.29, 0.717) is 18.2 Å². The predicted molar refractivity (Wildman–Crippen MR) is 106 cm³/mol. The van der Waals surface area contributed by atoms with Gasteiger partial charge in [-0.1, -0.05) is 12.2 Å². The van der Waals surface area contributed by atoms with Crippen LogP contribution in [0.15, 0.2) is 39.8 Å². The van der Waals surface area contributed by atoms with Gasteiger partial charge >= 0.3 is 0 Å². The summed E-state index contributed by atoms with van der Waals surface area (Å²) in [5, 5.41) is 7.49. The van der Waals surface area contributed by atoms with Crippen molar-refractivity contribution in [2.45, 2.75) is 39.3 Å². The van der Waals surface area contributed by atoms with Crippen LogP contribution in [0.2, 0.25) is 0 Å². The number of rotatable bonds is 4. The zero-order chi connectivity index (χ0) is 16.2. The molecule has 2 aromatic rings. The van der Waals surface area contributed by atoms with Gasteiger partial charge in [0.2, 0.25) is 0 Å². The SMILES string of the molecule is CCNC(=NCc1oc2ccc(F)cc2c1C)NC1CC=CC1.I. The van der Waals surface area contributed by atoms with Gasteiger partial charge in [0.05, 0.1) is 0 Å². The number of nitrogens with one attached hydrogen (secondary N) is 2. The lowest BCUT2D eigenvalue weighted by Crippen LogP contribution is -2.42. The summed E-state index contributed by atoms with van der Waals surface area (Å²) in [6.07, 6.45) is 6.40. The van der Waals surface area contributed by atoms with Gasteiger partial charge in [-0.2, -0.15) is 0 Å². The summed E-state index contributed by atoms with van der Waals surface area (Å²) in [6, 6.07) is 4.99. The Morgan fingerprint density at radius 2 is 2.08 bits per heavy atom. The highest BCUT2D eigenvalue weighted by atomic mass is 127. The highest BCUT2D eigenvalue weighted by Crippen LogP contribution is 2.26. The summed E-state index contributed by atoms with van der Waals surface area (Å²) in [5.74, 6) is 1.31. The van der Waals surface area contributed by atoms with Crippen molar-refractivity contribution in [2.75, 3.05) is 6.54 Å². The van der Waals surface area contributed by atoms with E-state index in [9.17, 15) is 4.39 Å². The maximum absolute atomic E-state index is 13.4. The molecule has 0 atom stereocenters. The first-order valence-electron chi connectivity index (χ1n) is 8.04. The Kier molecular flexibility index (Phi) is 6.65. The number of nitrogens with zero attached hydrogens (tertiary/aromatic N) is 1. The van der Waals surface area contributed by atoms with E-state index >= 15 is 0 Å². The molecule has 6 heteroatoms. The van der Waals surface area contributed by atoms with Crippen molar-refractivity contribution in [3.05, 3.63) is 47.5 Å². The molecule has 0 bridgehead atoms.